The number of hydrogen-bond donors (Lipinski definition) is 0. The van der Waals surface area contributed by atoms with Gasteiger partial charge in [0.2, 0.25) is 0 Å². The average molecular weight is 423 g/mol. The van der Waals surface area contributed by atoms with E-state index < -0.39 is 0 Å². The maximum Gasteiger partial charge on any atom is 0.135 e. The number of hydrogen-bond acceptors (Lipinski definition) is 1. The summed E-state index contributed by atoms with van der Waals surface area (Å²) in [5.74, 6) is 0.889. The Morgan fingerprint density at radius 1 is 0.424 bits per heavy atom. The van der Waals surface area contributed by atoms with Crippen molar-refractivity contribution in [3.05, 3.63) is 132 Å². The summed E-state index contributed by atoms with van der Waals surface area (Å²) in [6.07, 6.45) is 4.31. The lowest BCUT2D eigenvalue weighted by molar-refractivity contribution is 0.631. The number of furan rings is 1. The standard InChI is InChI=1S/C32H22O/c1-2-6-25(7-3-1)29-18-19-31-30(21-29)22-32(33-31)27-16-12-23(13-17-27)10-11-24-14-15-26-8-4-5-9-28(26)20-24/h1-22H. The van der Waals surface area contributed by atoms with Crippen LogP contribution in [0, 0.1) is 0 Å². The molecule has 1 heteroatoms. The van der Waals surface area contributed by atoms with E-state index in [0.29, 0.717) is 0 Å². The molecule has 1 heterocycles. The van der Waals surface area contributed by atoms with Gasteiger partial charge < -0.3 is 4.42 Å². The van der Waals surface area contributed by atoms with Crippen molar-refractivity contribution in [2.75, 3.05) is 0 Å². The first-order valence-corrected chi connectivity index (χ1v) is 11.2. The van der Waals surface area contributed by atoms with E-state index in [0.717, 1.165) is 27.9 Å². The van der Waals surface area contributed by atoms with Gasteiger partial charge in [0.15, 0.2) is 0 Å². The molecule has 0 saturated carbocycles. The summed E-state index contributed by atoms with van der Waals surface area (Å²) in [4.78, 5) is 0. The monoisotopic (exact) mass is 422 g/mol. The van der Waals surface area contributed by atoms with Crippen LogP contribution in [0.4, 0.5) is 0 Å². The highest BCUT2D eigenvalue weighted by molar-refractivity contribution is 5.88. The maximum atomic E-state index is 6.14. The van der Waals surface area contributed by atoms with E-state index in [1.54, 1.807) is 0 Å². The molecule has 5 aromatic carbocycles. The van der Waals surface area contributed by atoms with Crippen molar-refractivity contribution >= 4 is 33.9 Å². The van der Waals surface area contributed by atoms with E-state index in [-0.39, 0.29) is 0 Å². The van der Waals surface area contributed by atoms with Gasteiger partial charge in [-0.25, -0.2) is 0 Å². The van der Waals surface area contributed by atoms with Crippen molar-refractivity contribution in [2.45, 2.75) is 0 Å². The molecule has 6 aromatic rings. The molecule has 0 spiro atoms. The first kappa shape index (κ1) is 19.3. The Balaban J connectivity index is 1.24. The minimum atomic E-state index is 0.889. The number of benzene rings is 5. The lowest BCUT2D eigenvalue weighted by Gasteiger charge is -2.00. The van der Waals surface area contributed by atoms with Gasteiger partial charge in [0, 0.05) is 10.9 Å². The molecule has 0 radical (unpaired) electrons. The molecule has 156 valence electrons. The first-order chi connectivity index (χ1) is 16.3. The second kappa shape index (κ2) is 8.29. The van der Waals surface area contributed by atoms with Gasteiger partial charge in [0.25, 0.3) is 0 Å². The van der Waals surface area contributed by atoms with Crippen molar-refractivity contribution in [1.29, 1.82) is 0 Å². The van der Waals surface area contributed by atoms with Gasteiger partial charge in [0.05, 0.1) is 0 Å². The Bertz CT molecular complexity index is 1590. The molecule has 0 bridgehead atoms. The van der Waals surface area contributed by atoms with Crippen molar-refractivity contribution in [3.8, 4) is 22.5 Å². The Labute approximate surface area is 193 Å². The van der Waals surface area contributed by atoms with E-state index in [1.807, 2.05) is 6.07 Å². The molecular formula is C32H22O. The molecule has 33 heavy (non-hydrogen) atoms. The van der Waals surface area contributed by atoms with Crippen LogP contribution < -0.4 is 0 Å². The molecule has 0 unspecified atom stereocenters. The lowest BCUT2D eigenvalue weighted by atomic mass is 10.0. The van der Waals surface area contributed by atoms with Crippen molar-refractivity contribution in [1.82, 2.24) is 0 Å². The highest BCUT2D eigenvalue weighted by Crippen LogP contribution is 2.31. The third kappa shape index (κ3) is 3.97. The SMILES string of the molecule is C(=Cc1ccc2ccccc2c1)c1ccc(-c2cc3cc(-c4ccccc4)ccc3o2)cc1. The van der Waals surface area contributed by atoms with Crippen LogP contribution >= 0.6 is 0 Å². The molecule has 0 atom stereocenters. The second-order valence-corrected chi connectivity index (χ2v) is 8.29. The second-order valence-electron chi connectivity index (χ2n) is 8.29. The predicted molar refractivity (Wildman–Crippen MR) is 140 cm³/mol. The van der Waals surface area contributed by atoms with Crippen LogP contribution in [-0.4, -0.2) is 0 Å². The molecular weight excluding hydrogens is 400 g/mol. The van der Waals surface area contributed by atoms with E-state index >= 15 is 0 Å². The zero-order chi connectivity index (χ0) is 22.0. The summed E-state index contributed by atoms with van der Waals surface area (Å²) in [6.45, 7) is 0. The van der Waals surface area contributed by atoms with Gasteiger partial charge in [-0.1, -0.05) is 109 Å². The molecule has 6 rings (SSSR count). The Hall–Kier alpha value is -4.36. The Morgan fingerprint density at radius 2 is 1.12 bits per heavy atom. The average Bonchev–Trinajstić information content (AvgIpc) is 3.32. The first-order valence-electron chi connectivity index (χ1n) is 11.2. The van der Waals surface area contributed by atoms with Crippen LogP contribution in [0.5, 0.6) is 0 Å². The summed E-state index contributed by atoms with van der Waals surface area (Å²) in [5, 5.41) is 3.64. The lowest BCUT2D eigenvalue weighted by Crippen LogP contribution is -1.77. The normalized spacial score (nSPS) is 11.5. The number of fused-ring (bicyclic) bond motifs is 2. The number of rotatable bonds is 4. The minimum Gasteiger partial charge on any atom is -0.456 e. The molecule has 0 aliphatic rings. The largest absolute Gasteiger partial charge is 0.456 e. The topological polar surface area (TPSA) is 13.1 Å². The molecule has 0 saturated heterocycles. The maximum absolute atomic E-state index is 6.14. The molecule has 1 aromatic heterocycles. The van der Waals surface area contributed by atoms with Gasteiger partial charge in [-0.05, 0) is 57.3 Å². The van der Waals surface area contributed by atoms with Crippen LogP contribution in [0.2, 0.25) is 0 Å². The van der Waals surface area contributed by atoms with Crippen LogP contribution in [0.15, 0.2) is 126 Å². The smallest absolute Gasteiger partial charge is 0.135 e. The van der Waals surface area contributed by atoms with Crippen LogP contribution in [0.1, 0.15) is 11.1 Å². The fraction of sp³-hybridized carbons (Fsp3) is 0. The van der Waals surface area contributed by atoms with Gasteiger partial charge in [-0.15, -0.1) is 0 Å². The fourth-order valence-corrected chi connectivity index (χ4v) is 4.26. The molecule has 1 nitrogen and oxygen atoms in total. The van der Waals surface area contributed by atoms with E-state index in [1.165, 1.54) is 27.5 Å². The van der Waals surface area contributed by atoms with Crippen LogP contribution in [0.25, 0.3) is 56.3 Å². The zero-order valence-electron chi connectivity index (χ0n) is 18.1. The third-order valence-electron chi connectivity index (χ3n) is 6.06. The van der Waals surface area contributed by atoms with Crippen LogP contribution in [-0.2, 0) is 0 Å². The summed E-state index contributed by atoms with van der Waals surface area (Å²) in [5.41, 5.74) is 6.76. The van der Waals surface area contributed by atoms with Crippen molar-refractivity contribution in [3.63, 3.8) is 0 Å². The van der Waals surface area contributed by atoms with E-state index in [9.17, 15) is 0 Å². The van der Waals surface area contributed by atoms with E-state index in [2.05, 4.69) is 127 Å². The highest BCUT2D eigenvalue weighted by atomic mass is 16.3. The molecule has 0 aliphatic carbocycles. The van der Waals surface area contributed by atoms with E-state index in [4.69, 9.17) is 4.42 Å². The summed E-state index contributed by atoms with van der Waals surface area (Å²) >= 11 is 0. The Kier molecular flexibility index (Phi) is 4.86. The quantitative estimate of drug-likeness (QED) is 0.258. The van der Waals surface area contributed by atoms with Gasteiger partial charge in [0.1, 0.15) is 11.3 Å². The summed E-state index contributed by atoms with van der Waals surface area (Å²) < 4.78 is 6.14. The van der Waals surface area contributed by atoms with Crippen molar-refractivity contribution in [2.24, 2.45) is 0 Å². The zero-order valence-corrected chi connectivity index (χ0v) is 18.1. The summed E-state index contributed by atoms with van der Waals surface area (Å²) in [7, 11) is 0. The Morgan fingerprint density at radius 3 is 1.97 bits per heavy atom. The van der Waals surface area contributed by atoms with Gasteiger partial charge in [-0.3, -0.25) is 0 Å². The van der Waals surface area contributed by atoms with Crippen LogP contribution in [0.3, 0.4) is 0 Å². The highest BCUT2D eigenvalue weighted by Gasteiger charge is 2.08. The molecule has 0 amide bonds. The third-order valence-corrected chi connectivity index (χ3v) is 6.06. The predicted octanol–water partition coefficient (Wildman–Crippen LogP) is 9.09. The van der Waals surface area contributed by atoms with Gasteiger partial charge in [-0.2, -0.15) is 0 Å². The molecule has 0 aliphatic heterocycles. The molecule has 0 N–H and O–H groups in total. The summed E-state index contributed by atoms with van der Waals surface area (Å²) in [6, 6.07) is 42.4. The fourth-order valence-electron chi connectivity index (χ4n) is 4.26. The van der Waals surface area contributed by atoms with Gasteiger partial charge >= 0.3 is 0 Å². The van der Waals surface area contributed by atoms with Crippen molar-refractivity contribution < 1.29 is 4.42 Å². The minimum absolute atomic E-state index is 0.889. The molecule has 0 fully saturated rings.